The van der Waals surface area contributed by atoms with Gasteiger partial charge in [-0.25, -0.2) is 9.69 Å². The van der Waals surface area contributed by atoms with Crippen LogP contribution in [0.3, 0.4) is 0 Å². The summed E-state index contributed by atoms with van der Waals surface area (Å²) in [5.41, 5.74) is 1.56. The lowest BCUT2D eigenvalue weighted by Crippen LogP contribution is -2.52. The Morgan fingerprint density at radius 2 is 1.88 bits per heavy atom. The van der Waals surface area contributed by atoms with Gasteiger partial charge in [0.2, 0.25) is 5.91 Å². The summed E-state index contributed by atoms with van der Waals surface area (Å²) < 4.78 is 7.65. The van der Waals surface area contributed by atoms with Crippen LogP contribution in [0.5, 0.6) is 0 Å². The van der Waals surface area contributed by atoms with Gasteiger partial charge in [0, 0.05) is 49.1 Å². The molecule has 0 radical (unpaired) electrons. The fourth-order valence-electron chi connectivity index (χ4n) is 4.79. The van der Waals surface area contributed by atoms with Crippen LogP contribution in [0.2, 0.25) is 5.02 Å². The first-order valence-electron chi connectivity index (χ1n) is 11.2. The van der Waals surface area contributed by atoms with Gasteiger partial charge in [0.25, 0.3) is 5.91 Å². The van der Waals surface area contributed by atoms with Crippen LogP contribution in [-0.4, -0.2) is 54.6 Å². The lowest BCUT2D eigenvalue weighted by atomic mass is 9.82. The molecule has 1 aromatic heterocycles. The van der Waals surface area contributed by atoms with E-state index in [1.807, 2.05) is 18.2 Å². The molecule has 1 fully saturated rings. The summed E-state index contributed by atoms with van der Waals surface area (Å²) >= 11 is 6.22. The number of likely N-dealkylation sites (N-methyl/N-ethyl adjacent to an activating group) is 1. The third kappa shape index (κ3) is 3.63. The van der Waals surface area contributed by atoms with Crippen LogP contribution in [0.4, 0.5) is 10.5 Å². The third-order valence-corrected chi connectivity index (χ3v) is 6.83. The maximum atomic E-state index is 13.8. The van der Waals surface area contributed by atoms with Crippen molar-refractivity contribution in [3.05, 3.63) is 64.8 Å². The number of ether oxygens (including phenoxy) is 1. The molecule has 1 N–H and O–H groups in total. The molecule has 2 aliphatic heterocycles. The van der Waals surface area contributed by atoms with Crippen molar-refractivity contribution in [2.75, 3.05) is 32.1 Å². The zero-order valence-electron chi connectivity index (χ0n) is 19.0. The number of nitrogens with zero attached hydrogens (tertiary/aromatic N) is 3. The minimum Gasteiger partial charge on any atom is -0.437 e. The largest absolute Gasteiger partial charge is 0.437 e. The lowest BCUT2D eigenvalue weighted by molar-refractivity contribution is -0.129. The standard InChI is InChI=1S/C25H25ClN4O4/c1-28(2)22(31)15-29-14-18(17-8-7-16(26)13-21(17)29)23(32)30-20-6-4-3-5-19(20)25(34-24(30)33)9-11-27-12-10-25/h3-8,13-14,27H,9-12,15H2,1-2H3. The first-order valence-corrected chi connectivity index (χ1v) is 11.5. The number of fused-ring (bicyclic) bond motifs is 3. The van der Waals surface area contributed by atoms with Crippen molar-refractivity contribution in [2.24, 2.45) is 0 Å². The number of hydrogen-bond donors (Lipinski definition) is 1. The normalized spacial score (nSPS) is 16.9. The van der Waals surface area contributed by atoms with Crippen LogP contribution in [-0.2, 0) is 21.7 Å². The molecule has 0 saturated carbocycles. The minimum absolute atomic E-state index is 0.0360. The molecule has 1 saturated heterocycles. The average molecular weight is 481 g/mol. The number of rotatable bonds is 3. The number of carbonyl (C=O) groups excluding carboxylic acids is 3. The van der Waals surface area contributed by atoms with E-state index in [0.717, 1.165) is 23.6 Å². The van der Waals surface area contributed by atoms with E-state index < -0.39 is 17.6 Å². The molecule has 0 bridgehead atoms. The second-order valence-electron chi connectivity index (χ2n) is 8.89. The number of piperidine rings is 1. The van der Waals surface area contributed by atoms with Gasteiger partial charge in [-0.05, 0) is 31.3 Å². The zero-order valence-corrected chi connectivity index (χ0v) is 19.8. The van der Waals surface area contributed by atoms with Gasteiger partial charge in [-0.3, -0.25) is 9.59 Å². The van der Waals surface area contributed by atoms with Gasteiger partial charge in [-0.2, -0.15) is 0 Å². The van der Waals surface area contributed by atoms with Crippen molar-refractivity contribution < 1.29 is 19.1 Å². The number of halogens is 1. The van der Waals surface area contributed by atoms with Gasteiger partial charge in [0.15, 0.2) is 0 Å². The molecule has 5 rings (SSSR count). The quantitative estimate of drug-likeness (QED) is 0.617. The van der Waals surface area contributed by atoms with E-state index in [2.05, 4.69) is 5.32 Å². The number of nitrogens with one attached hydrogen (secondary N) is 1. The van der Waals surface area contributed by atoms with E-state index in [1.165, 1.54) is 4.90 Å². The van der Waals surface area contributed by atoms with E-state index in [-0.39, 0.29) is 12.5 Å². The molecule has 3 aromatic rings. The number of para-hydroxylation sites is 1. The van der Waals surface area contributed by atoms with Gasteiger partial charge in [-0.15, -0.1) is 0 Å². The SMILES string of the molecule is CN(C)C(=O)Cn1cc(C(=O)N2C(=O)OC3(CCNCC3)c3ccccc32)c2ccc(Cl)cc21. The molecule has 9 heteroatoms. The topological polar surface area (TPSA) is 83.9 Å². The second-order valence-corrected chi connectivity index (χ2v) is 9.33. The number of imide groups is 1. The van der Waals surface area contributed by atoms with Crippen LogP contribution < -0.4 is 10.2 Å². The number of anilines is 1. The van der Waals surface area contributed by atoms with Crippen LogP contribution in [0, 0.1) is 0 Å². The summed E-state index contributed by atoms with van der Waals surface area (Å²) in [5.74, 6) is -0.643. The number of amides is 3. The maximum Gasteiger partial charge on any atom is 0.422 e. The highest BCUT2D eigenvalue weighted by Gasteiger charge is 2.47. The summed E-state index contributed by atoms with van der Waals surface area (Å²) in [4.78, 5) is 42.1. The van der Waals surface area contributed by atoms with Gasteiger partial charge < -0.3 is 19.5 Å². The molecule has 0 aliphatic carbocycles. The Kier molecular flexibility index (Phi) is 5.58. The van der Waals surface area contributed by atoms with Crippen molar-refractivity contribution in [3.63, 3.8) is 0 Å². The summed E-state index contributed by atoms with van der Waals surface area (Å²) in [6, 6.07) is 12.5. The summed E-state index contributed by atoms with van der Waals surface area (Å²) in [5, 5.41) is 4.39. The van der Waals surface area contributed by atoms with Crippen LogP contribution in [0.25, 0.3) is 10.9 Å². The molecule has 2 aromatic carbocycles. The first-order chi connectivity index (χ1) is 16.3. The van der Waals surface area contributed by atoms with Gasteiger partial charge in [-0.1, -0.05) is 35.9 Å². The molecule has 0 atom stereocenters. The van der Waals surface area contributed by atoms with Crippen molar-refractivity contribution in [2.45, 2.75) is 25.0 Å². The highest BCUT2D eigenvalue weighted by molar-refractivity contribution is 6.31. The highest BCUT2D eigenvalue weighted by Crippen LogP contribution is 2.45. The summed E-state index contributed by atoms with van der Waals surface area (Å²) in [7, 11) is 3.34. The Balaban J connectivity index is 1.61. The molecule has 8 nitrogen and oxygen atoms in total. The fourth-order valence-corrected chi connectivity index (χ4v) is 4.95. The molecule has 3 heterocycles. The predicted molar refractivity (Wildman–Crippen MR) is 129 cm³/mol. The number of benzene rings is 2. The Hall–Kier alpha value is -3.36. The smallest absolute Gasteiger partial charge is 0.422 e. The van der Waals surface area contributed by atoms with Crippen molar-refractivity contribution in [1.82, 2.24) is 14.8 Å². The van der Waals surface area contributed by atoms with Crippen LogP contribution in [0.15, 0.2) is 48.7 Å². The Morgan fingerprint density at radius 1 is 1.15 bits per heavy atom. The second kappa shape index (κ2) is 8.45. The zero-order chi connectivity index (χ0) is 24.0. The Morgan fingerprint density at radius 3 is 2.62 bits per heavy atom. The molecule has 0 unspecified atom stereocenters. The minimum atomic E-state index is -0.741. The molecular formula is C25H25ClN4O4. The predicted octanol–water partition coefficient (Wildman–Crippen LogP) is 3.76. The van der Waals surface area contributed by atoms with E-state index in [9.17, 15) is 14.4 Å². The molecule has 176 valence electrons. The third-order valence-electron chi connectivity index (χ3n) is 6.59. The average Bonchev–Trinajstić information content (AvgIpc) is 3.17. The molecular weight excluding hydrogens is 456 g/mol. The van der Waals surface area contributed by atoms with Gasteiger partial charge in [0.05, 0.1) is 16.8 Å². The molecule has 2 aliphatic rings. The highest BCUT2D eigenvalue weighted by atomic mass is 35.5. The number of carbonyl (C=O) groups is 3. The first kappa shape index (κ1) is 22.4. The Bertz CT molecular complexity index is 1310. The molecule has 1 spiro atoms. The van der Waals surface area contributed by atoms with Crippen molar-refractivity contribution in [3.8, 4) is 0 Å². The fraction of sp³-hybridized carbons (Fsp3) is 0.320. The monoisotopic (exact) mass is 480 g/mol. The van der Waals surface area contributed by atoms with E-state index >= 15 is 0 Å². The van der Waals surface area contributed by atoms with E-state index in [1.54, 1.807) is 49.1 Å². The number of hydrogen-bond acceptors (Lipinski definition) is 5. The summed E-state index contributed by atoms with van der Waals surface area (Å²) in [6.07, 6.45) is 2.20. The van der Waals surface area contributed by atoms with Crippen LogP contribution >= 0.6 is 11.6 Å². The lowest BCUT2D eigenvalue weighted by Gasteiger charge is -2.44. The molecule has 34 heavy (non-hydrogen) atoms. The summed E-state index contributed by atoms with van der Waals surface area (Å²) in [6.45, 7) is 1.49. The molecule has 3 amide bonds. The van der Waals surface area contributed by atoms with Crippen molar-refractivity contribution in [1.29, 1.82) is 0 Å². The maximum absolute atomic E-state index is 13.8. The van der Waals surface area contributed by atoms with E-state index in [4.69, 9.17) is 16.3 Å². The van der Waals surface area contributed by atoms with E-state index in [0.29, 0.717) is 40.0 Å². The van der Waals surface area contributed by atoms with Crippen molar-refractivity contribution >= 4 is 46.1 Å². The van der Waals surface area contributed by atoms with Gasteiger partial charge >= 0.3 is 6.09 Å². The number of aromatic nitrogens is 1. The van der Waals surface area contributed by atoms with Gasteiger partial charge in [0.1, 0.15) is 12.1 Å². The Labute approximate surface area is 202 Å². The van der Waals surface area contributed by atoms with Crippen LogP contribution in [0.1, 0.15) is 28.8 Å².